The molecule has 0 aliphatic carbocycles. The van der Waals surface area contributed by atoms with Crippen molar-refractivity contribution in [3.05, 3.63) is 34.9 Å². The average molecular weight is 192 g/mol. The van der Waals surface area contributed by atoms with Crippen molar-refractivity contribution < 1.29 is 9.90 Å². The van der Waals surface area contributed by atoms with Crippen molar-refractivity contribution in [2.75, 3.05) is 0 Å². The topological polar surface area (TPSA) is 37.3 Å². The number of hydrogen-bond donors (Lipinski definition) is 1. The van der Waals surface area contributed by atoms with Gasteiger partial charge < -0.3 is 5.11 Å². The summed E-state index contributed by atoms with van der Waals surface area (Å²) in [6.45, 7) is 4.02. The molecule has 0 bridgehead atoms. The molecular formula is C12H16O2. The molecule has 1 N–H and O–H groups in total. The van der Waals surface area contributed by atoms with Crippen LogP contribution in [0.2, 0.25) is 0 Å². The molecule has 0 saturated heterocycles. The maximum atomic E-state index is 10.8. The molecule has 0 fully saturated rings. The van der Waals surface area contributed by atoms with Crippen LogP contribution >= 0.6 is 0 Å². The lowest BCUT2D eigenvalue weighted by Crippen LogP contribution is -2.02. The number of hydrogen-bond acceptors (Lipinski definition) is 1. The van der Waals surface area contributed by atoms with E-state index in [2.05, 4.69) is 6.92 Å². The third-order valence-corrected chi connectivity index (χ3v) is 2.48. The van der Waals surface area contributed by atoms with E-state index in [1.165, 1.54) is 0 Å². The van der Waals surface area contributed by atoms with E-state index in [1.807, 2.05) is 19.1 Å². The van der Waals surface area contributed by atoms with Crippen molar-refractivity contribution in [2.45, 2.75) is 33.1 Å². The standard InChI is InChI=1S/C12H16O2/c1-3-4-6-10-7-5-8-11(9(10)2)12(13)14/h5,7-8H,3-4,6H2,1-2H3,(H,13,14). The molecule has 0 unspecified atom stereocenters. The predicted molar refractivity (Wildman–Crippen MR) is 56.8 cm³/mol. The van der Waals surface area contributed by atoms with Gasteiger partial charge in [0.05, 0.1) is 5.56 Å². The fraction of sp³-hybridized carbons (Fsp3) is 0.417. The molecule has 2 nitrogen and oxygen atoms in total. The Morgan fingerprint density at radius 2 is 2.14 bits per heavy atom. The van der Waals surface area contributed by atoms with Gasteiger partial charge in [0.25, 0.3) is 0 Å². The Morgan fingerprint density at radius 3 is 2.71 bits per heavy atom. The van der Waals surface area contributed by atoms with Gasteiger partial charge in [0.1, 0.15) is 0 Å². The van der Waals surface area contributed by atoms with Gasteiger partial charge in [0, 0.05) is 0 Å². The first-order valence-electron chi connectivity index (χ1n) is 4.98. The molecule has 14 heavy (non-hydrogen) atoms. The van der Waals surface area contributed by atoms with E-state index in [9.17, 15) is 4.79 Å². The maximum absolute atomic E-state index is 10.8. The van der Waals surface area contributed by atoms with Gasteiger partial charge in [-0.15, -0.1) is 0 Å². The minimum absolute atomic E-state index is 0.429. The van der Waals surface area contributed by atoms with E-state index >= 15 is 0 Å². The molecular weight excluding hydrogens is 176 g/mol. The highest BCUT2D eigenvalue weighted by Crippen LogP contribution is 2.15. The van der Waals surface area contributed by atoms with Gasteiger partial charge >= 0.3 is 5.97 Å². The van der Waals surface area contributed by atoms with Crippen LogP contribution in [0.5, 0.6) is 0 Å². The number of carbonyl (C=O) groups is 1. The zero-order valence-electron chi connectivity index (χ0n) is 8.71. The van der Waals surface area contributed by atoms with Crippen molar-refractivity contribution in [3.63, 3.8) is 0 Å². The molecule has 0 aromatic heterocycles. The summed E-state index contributed by atoms with van der Waals surface area (Å²) in [5, 5.41) is 8.92. The van der Waals surface area contributed by atoms with Crippen LogP contribution in [-0.4, -0.2) is 11.1 Å². The summed E-state index contributed by atoms with van der Waals surface area (Å²) >= 11 is 0. The fourth-order valence-electron chi connectivity index (χ4n) is 1.55. The lowest BCUT2D eigenvalue weighted by atomic mass is 9.98. The molecule has 0 radical (unpaired) electrons. The van der Waals surface area contributed by atoms with Gasteiger partial charge in [0.15, 0.2) is 0 Å². The second-order valence-corrected chi connectivity index (χ2v) is 3.50. The van der Waals surface area contributed by atoms with Crippen LogP contribution in [-0.2, 0) is 6.42 Å². The Morgan fingerprint density at radius 1 is 1.43 bits per heavy atom. The van der Waals surface area contributed by atoms with Crippen LogP contribution in [0.15, 0.2) is 18.2 Å². The predicted octanol–water partition coefficient (Wildman–Crippen LogP) is 3.04. The van der Waals surface area contributed by atoms with Crippen LogP contribution in [0.3, 0.4) is 0 Å². The second-order valence-electron chi connectivity index (χ2n) is 3.50. The number of unbranched alkanes of at least 4 members (excludes halogenated alkanes) is 1. The normalized spacial score (nSPS) is 10.1. The van der Waals surface area contributed by atoms with Crippen LogP contribution in [0, 0.1) is 6.92 Å². The number of rotatable bonds is 4. The summed E-state index contributed by atoms with van der Waals surface area (Å²) in [6, 6.07) is 5.49. The Hall–Kier alpha value is -1.31. The van der Waals surface area contributed by atoms with Crippen molar-refractivity contribution in [1.29, 1.82) is 0 Å². The number of carboxylic acid groups (broad SMARTS) is 1. The SMILES string of the molecule is CCCCc1cccc(C(=O)O)c1C. The summed E-state index contributed by atoms with van der Waals surface area (Å²) in [7, 11) is 0. The van der Waals surface area contributed by atoms with Crippen molar-refractivity contribution >= 4 is 5.97 Å². The van der Waals surface area contributed by atoms with E-state index < -0.39 is 5.97 Å². The molecule has 0 heterocycles. The summed E-state index contributed by atoms with van der Waals surface area (Å²) < 4.78 is 0. The van der Waals surface area contributed by atoms with E-state index in [0.29, 0.717) is 5.56 Å². The Labute approximate surface area is 84.6 Å². The molecule has 0 aliphatic rings. The first-order valence-corrected chi connectivity index (χ1v) is 4.98. The Balaban J connectivity index is 2.95. The van der Waals surface area contributed by atoms with E-state index in [0.717, 1.165) is 30.4 Å². The summed E-state index contributed by atoms with van der Waals surface area (Å²) in [5.74, 6) is -0.833. The van der Waals surface area contributed by atoms with Crippen molar-refractivity contribution in [2.24, 2.45) is 0 Å². The molecule has 0 amide bonds. The lowest BCUT2D eigenvalue weighted by molar-refractivity contribution is 0.0696. The van der Waals surface area contributed by atoms with Crippen LogP contribution in [0.25, 0.3) is 0 Å². The number of aromatic carboxylic acids is 1. The zero-order chi connectivity index (χ0) is 10.6. The summed E-state index contributed by atoms with van der Waals surface area (Å²) in [6.07, 6.45) is 3.23. The Bertz CT molecular complexity index is 329. The minimum atomic E-state index is -0.833. The highest BCUT2D eigenvalue weighted by atomic mass is 16.4. The molecule has 76 valence electrons. The van der Waals surface area contributed by atoms with Gasteiger partial charge in [-0.25, -0.2) is 4.79 Å². The molecule has 1 aromatic rings. The quantitative estimate of drug-likeness (QED) is 0.796. The molecule has 2 heteroatoms. The van der Waals surface area contributed by atoms with Gasteiger partial charge in [-0.1, -0.05) is 25.5 Å². The van der Waals surface area contributed by atoms with E-state index in [1.54, 1.807) is 6.07 Å². The smallest absolute Gasteiger partial charge is 0.335 e. The van der Waals surface area contributed by atoms with Crippen LogP contribution in [0.1, 0.15) is 41.3 Å². The molecule has 0 saturated carbocycles. The monoisotopic (exact) mass is 192 g/mol. The highest BCUT2D eigenvalue weighted by Gasteiger charge is 2.08. The number of carboxylic acids is 1. The van der Waals surface area contributed by atoms with E-state index in [-0.39, 0.29) is 0 Å². The van der Waals surface area contributed by atoms with Gasteiger partial charge in [-0.3, -0.25) is 0 Å². The number of benzene rings is 1. The van der Waals surface area contributed by atoms with E-state index in [4.69, 9.17) is 5.11 Å². The van der Waals surface area contributed by atoms with Crippen LogP contribution in [0.4, 0.5) is 0 Å². The summed E-state index contributed by atoms with van der Waals surface area (Å²) in [4.78, 5) is 10.8. The summed E-state index contributed by atoms with van der Waals surface area (Å²) in [5.41, 5.74) is 2.50. The maximum Gasteiger partial charge on any atom is 0.335 e. The average Bonchev–Trinajstić information content (AvgIpc) is 2.16. The Kier molecular flexibility index (Phi) is 3.69. The van der Waals surface area contributed by atoms with Crippen LogP contribution < -0.4 is 0 Å². The number of aryl methyl sites for hydroxylation is 1. The molecule has 1 rings (SSSR count). The fourth-order valence-corrected chi connectivity index (χ4v) is 1.55. The first kappa shape index (κ1) is 10.8. The largest absolute Gasteiger partial charge is 0.478 e. The zero-order valence-corrected chi connectivity index (χ0v) is 8.71. The highest BCUT2D eigenvalue weighted by molar-refractivity contribution is 5.89. The van der Waals surface area contributed by atoms with Gasteiger partial charge in [0.2, 0.25) is 0 Å². The lowest BCUT2D eigenvalue weighted by Gasteiger charge is -2.07. The third kappa shape index (κ3) is 2.34. The van der Waals surface area contributed by atoms with Gasteiger partial charge in [-0.05, 0) is 37.0 Å². The van der Waals surface area contributed by atoms with Crippen molar-refractivity contribution in [3.8, 4) is 0 Å². The minimum Gasteiger partial charge on any atom is -0.478 e. The first-order chi connectivity index (χ1) is 6.66. The molecule has 0 atom stereocenters. The second kappa shape index (κ2) is 4.80. The van der Waals surface area contributed by atoms with Gasteiger partial charge in [-0.2, -0.15) is 0 Å². The third-order valence-electron chi connectivity index (χ3n) is 2.48. The molecule has 1 aromatic carbocycles. The molecule has 0 aliphatic heterocycles. The molecule has 0 spiro atoms. The van der Waals surface area contributed by atoms with Crippen molar-refractivity contribution in [1.82, 2.24) is 0 Å².